The van der Waals surface area contributed by atoms with E-state index in [0.29, 0.717) is 5.56 Å². The van der Waals surface area contributed by atoms with E-state index in [1.54, 1.807) is 27.7 Å². The number of halogens is 1. The molecule has 0 bridgehead atoms. The molecule has 0 radical (unpaired) electrons. The molecule has 0 aliphatic heterocycles. The van der Waals surface area contributed by atoms with Gasteiger partial charge in [-0.2, -0.15) is 0 Å². The van der Waals surface area contributed by atoms with Crippen LogP contribution < -0.4 is 4.72 Å². The van der Waals surface area contributed by atoms with Gasteiger partial charge < -0.3 is 5.11 Å². The van der Waals surface area contributed by atoms with E-state index in [9.17, 15) is 17.9 Å². The summed E-state index contributed by atoms with van der Waals surface area (Å²) in [6.45, 7) is 6.63. The maximum atomic E-state index is 13.2. The lowest BCUT2D eigenvalue weighted by molar-refractivity contribution is 0.0190. The van der Waals surface area contributed by atoms with Crippen molar-refractivity contribution in [2.45, 2.75) is 38.2 Å². The molecule has 1 aromatic rings. The lowest BCUT2D eigenvalue weighted by Gasteiger charge is -2.27. The minimum absolute atomic E-state index is 0.107. The summed E-state index contributed by atoms with van der Waals surface area (Å²) in [5.41, 5.74) is -0.633. The summed E-state index contributed by atoms with van der Waals surface area (Å²) in [4.78, 5) is -0.135. The molecule has 1 atom stereocenters. The van der Waals surface area contributed by atoms with Crippen molar-refractivity contribution in [1.29, 1.82) is 0 Å². The van der Waals surface area contributed by atoms with E-state index in [0.717, 1.165) is 6.07 Å². The first-order valence-corrected chi connectivity index (χ1v) is 7.52. The molecule has 108 valence electrons. The van der Waals surface area contributed by atoms with Gasteiger partial charge in [-0.15, -0.1) is 0 Å². The van der Waals surface area contributed by atoms with Crippen molar-refractivity contribution in [3.8, 4) is 0 Å². The number of sulfonamides is 1. The first kappa shape index (κ1) is 16.1. The number of benzene rings is 1. The molecule has 0 heterocycles. The predicted octanol–water partition coefficient (Wildman–Crippen LogP) is 1.82. The second-order valence-electron chi connectivity index (χ2n) is 5.30. The molecule has 0 spiro atoms. The minimum atomic E-state index is -3.82. The van der Waals surface area contributed by atoms with E-state index in [1.807, 2.05) is 0 Å². The summed E-state index contributed by atoms with van der Waals surface area (Å²) in [5, 5.41) is 10.0. The molecule has 1 unspecified atom stereocenters. The van der Waals surface area contributed by atoms with E-state index >= 15 is 0 Å². The number of aliphatic hydroxyl groups is 1. The van der Waals surface area contributed by atoms with Crippen LogP contribution in [-0.4, -0.2) is 25.7 Å². The number of aryl methyl sites for hydroxylation is 1. The standard InChI is InChI=1S/C13H20FNO3S/c1-9(2)13(4,16)8-15-19(17,18)12-6-10(3)5-11(14)7-12/h5-7,9,15-16H,8H2,1-4H3. The fourth-order valence-corrected chi connectivity index (χ4v) is 2.64. The third kappa shape index (κ3) is 4.26. The van der Waals surface area contributed by atoms with Crippen molar-refractivity contribution in [2.24, 2.45) is 5.92 Å². The first-order chi connectivity index (χ1) is 8.54. The molecule has 0 saturated heterocycles. The minimum Gasteiger partial charge on any atom is -0.389 e. The second-order valence-corrected chi connectivity index (χ2v) is 7.07. The Morgan fingerprint density at radius 2 is 1.95 bits per heavy atom. The fourth-order valence-electron chi connectivity index (χ4n) is 1.39. The maximum absolute atomic E-state index is 13.2. The smallest absolute Gasteiger partial charge is 0.240 e. The topological polar surface area (TPSA) is 66.4 Å². The highest BCUT2D eigenvalue weighted by Gasteiger charge is 2.27. The Morgan fingerprint density at radius 3 is 2.42 bits per heavy atom. The number of nitrogens with one attached hydrogen (secondary N) is 1. The van der Waals surface area contributed by atoms with E-state index in [2.05, 4.69) is 4.72 Å². The molecule has 0 saturated carbocycles. The van der Waals surface area contributed by atoms with Crippen molar-refractivity contribution in [3.63, 3.8) is 0 Å². The van der Waals surface area contributed by atoms with E-state index in [1.165, 1.54) is 12.1 Å². The Balaban J connectivity index is 2.93. The molecule has 19 heavy (non-hydrogen) atoms. The molecular weight excluding hydrogens is 269 g/mol. The van der Waals surface area contributed by atoms with Crippen LogP contribution in [0.25, 0.3) is 0 Å². The number of hydrogen-bond donors (Lipinski definition) is 2. The third-order valence-corrected chi connectivity index (χ3v) is 4.57. The number of hydrogen-bond acceptors (Lipinski definition) is 3. The van der Waals surface area contributed by atoms with Gasteiger partial charge in [-0.1, -0.05) is 13.8 Å². The summed E-state index contributed by atoms with van der Waals surface area (Å²) >= 11 is 0. The quantitative estimate of drug-likeness (QED) is 0.869. The highest BCUT2D eigenvalue weighted by molar-refractivity contribution is 7.89. The summed E-state index contributed by atoms with van der Waals surface area (Å²) in [6, 6.07) is 3.60. The average molecular weight is 289 g/mol. The van der Waals surface area contributed by atoms with Crippen LogP contribution in [-0.2, 0) is 10.0 Å². The molecule has 1 rings (SSSR count). The van der Waals surface area contributed by atoms with Gasteiger partial charge in [-0.3, -0.25) is 0 Å². The molecule has 0 aliphatic carbocycles. The Kier molecular flexibility index (Phi) is 4.71. The van der Waals surface area contributed by atoms with Gasteiger partial charge in [0.2, 0.25) is 10.0 Å². The molecular formula is C13H20FNO3S. The molecule has 0 aliphatic rings. The Morgan fingerprint density at radius 1 is 1.37 bits per heavy atom. The SMILES string of the molecule is Cc1cc(F)cc(S(=O)(=O)NCC(C)(O)C(C)C)c1. The number of rotatable bonds is 5. The van der Waals surface area contributed by atoms with Crippen molar-refractivity contribution in [3.05, 3.63) is 29.6 Å². The van der Waals surface area contributed by atoms with Gasteiger partial charge in [0.25, 0.3) is 0 Å². The van der Waals surface area contributed by atoms with Gasteiger partial charge in [-0.05, 0) is 43.5 Å². The summed E-state index contributed by atoms with van der Waals surface area (Å²) in [5.74, 6) is -0.708. The maximum Gasteiger partial charge on any atom is 0.240 e. The van der Waals surface area contributed by atoms with Crippen LogP contribution >= 0.6 is 0 Å². The van der Waals surface area contributed by atoms with Crippen LogP contribution in [0.3, 0.4) is 0 Å². The molecule has 1 aromatic carbocycles. The van der Waals surface area contributed by atoms with Crippen molar-refractivity contribution < 1.29 is 17.9 Å². The molecule has 4 nitrogen and oxygen atoms in total. The highest BCUT2D eigenvalue weighted by atomic mass is 32.2. The average Bonchev–Trinajstić information content (AvgIpc) is 2.25. The van der Waals surface area contributed by atoms with Crippen molar-refractivity contribution in [2.75, 3.05) is 6.54 Å². The summed E-state index contributed by atoms with van der Waals surface area (Å²) in [6.07, 6.45) is 0. The van der Waals surface area contributed by atoms with Crippen molar-refractivity contribution >= 4 is 10.0 Å². The van der Waals surface area contributed by atoms with Crippen LogP contribution in [0.5, 0.6) is 0 Å². The summed E-state index contributed by atoms with van der Waals surface area (Å²) in [7, 11) is -3.82. The fraction of sp³-hybridized carbons (Fsp3) is 0.538. The van der Waals surface area contributed by atoms with Gasteiger partial charge in [0, 0.05) is 6.54 Å². The van der Waals surface area contributed by atoms with Gasteiger partial charge in [-0.25, -0.2) is 17.5 Å². The Labute approximate surface area is 113 Å². The predicted molar refractivity (Wildman–Crippen MR) is 71.8 cm³/mol. The molecule has 2 N–H and O–H groups in total. The van der Waals surface area contributed by atoms with Crippen LogP contribution in [0.4, 0.5) is 4.39 Å². The highest BCUT2D eigenvalue weighted by Crippen LogP contribution is 2.17. The zero-order valence-corrected chi connectivity index (χ0v) is 12.4. The van der Waals surface area contributed by atoms with Crippen LogP contribution in [0.2, 0.25) is 0 Å². The van der Waals surface area contributed by atoms with Crippen molar-refractivity contribution in [1.82, 2.24) is 4.72 Å². The summed E-state index contributed by atoms with van der Waals surface area (Å²) < 4.78 is 39.6. The normalized spacial score (nSPS) is 15.5. The molecule has 0 aromatic heterocycles. The second kappa shape index (κ2) is 5.56. The molecule has 6 heteroatoms. The van der Waals surface area contributed by atoms with Crippen LogP contribution in [0.15, 0.2) is 23.1 Å². The van der Waals surface area contributed by atoms with Crippen LogP contribution in [0, 0.1) is 18.7 Å². The van der Waals surface area contributed by atoms with Gasteiger partial charge in [0.15, 0.2) is 0 Å². The monoisotopic (exact) mass is 289 g/mol. The molecule has 0 amide bonds. The third-order valence-electron chi connectivity index (χ3n) is 3.19. The van der Waals surface area contributed by atoms with E-state index < -0.39 is 21.4 Å². The first-order valence-electron chi connectivity index (χ1n) is 6.04. The van der Waals surface area contributed by atoms with Gasteiger partial charge in [0.05, 0.1) is 10.5 Å². The van der Waals surface area contributed by atoms with Gasteiger partial charge in [0.1, 0.15) is 5.82 Å². The van der Waals surface area contributed by atoms with E-state index in [4.69, 9.17) is 0 Å². The lowest BCUT2D eigenvalue weighted by Crippen LogP contribution is -2.44. The molecule has 0 fully saturated rings. The van der Waals surface area contributed by atoms with Crippen LogP contribution in [0.1, 0.15) is 26.3 Å². The van der Waals surface area contributed by atoms with E-state index in [-0.39, 0.29) is 17.4 Å². The largest absolute Gasteiger partial charge is 0.389 e. The zero-order valence-electron chi connectivity index (χ0n) is 11.6. The van der Waals surface area contributed by atoms with Gasteiger partial charge >= 0.3 is 0 Å². The zero-order chi connectivity index (χ0) is 14.8. The Hall–Kier alpha value is -0.980. The Bertz CT molecular complexity index is 533. The lowest BCUT2D eigenvalue weighted by atomic mass is 9.93.